The zero-order chi connectivity index (χ0) is 15.7. The lowest BCUT2D eigenvalue weighted by Crippen LogP contribution is -2.29. The summed E-state index contributed by atoms with van der Waals surface area (Å²) in [6.07, 6.45) is 0.902. The molecule has 22 heavy (non-hydrogen) atoms. The van der Waals surface area contributed by atoms with Gasteiger partial charge in [-0.3, -0.25) is 9.36 Å². The number of imidazole rings is 1. The molecule has 112 valence electrons. The first-order valence-electron chi connectivity index (χ1n) is 6.95. The minimum atomic E-state index is -0.627. The number of aryl methyl sites for hydroxylation is 1. The van der Waals surface area contributed by atoms with Crippen LogP contribution in [-0.4, -0.2) is 21.6 Å². The van der Waals surface area contributed by atoms with Crippen molar-refractivity contribution < 1.29 is 9.53 Å². The van der Waals surface area contributed by atoms with E-state index in [0.29, 0.717) is 10.8 Å². The molecule has 1 atom stereocenters. The Hall–Kier alpha value is -2.33. The summed E-state index contributed by atoms with van der Waals surface area (Å²) in [5, 5.41) is 0.643. The van der Waals surface area contributed by atoms with Crippen molar-refractivity contribution in [1.82, 2.24) is 9.55 Å². The molecule has 0 fully saturated rings. The highest BCUT2D eigenvalue weighted by Crippen LogP contribution is 2.23. The summed E-state index contributed by atoms with van der Waals surface area (Å²) in [4.78, 5) is 16.8. The molecular formula is C17H15ClN2O2. The zero-order valence-corrected chi connectivity index (χ0v) is 13.0. The Morgan fingerprint density at radius 3 is 2.82 bits per heavy atom. The number of fused-ring (bicyclic) bond motifs is 1. The molecule has 4 nitrogen and oxygen atoms in total. The summed E-state index contributed by atoms with van der Waals surface area (Å²) in [7, 11) is 0. The average Bonchev–Trinajstić information content (AvgIpc) is 2.93. The highest BCUT2D eigenvalue weighted by atomic mass is 35.5. The van der Waals surface area contributed by atoms with E-state index in [1.165, 1.54) is 10.9 Å². The van der Waals surface area contributed by atoms with Crippen molar-refractivity contribution in [2.75, 3.05) is 0 Å². The highest BCUT2D eigenvalue weighted by molar-refractivity contribution is 6.30. The lowest BCUT2D eigenvalue weighted by molar-refractivity contribution is 0.0732. The van der Waals surface area contributed by atoms with Crippen LogP contribution in [0, 0.1) is 6.92 Å². The standard InChI is InChI=1S/C17H15ClN2O2/c1-11-9-13(18)7-8-16(11)22-12(2)17(21)20-10-19-14-5-3-4-6-15(14)20/h3-10,12H,1-2H3. The molecule has 1 heterocycles. The van der Waals surface area contributed by atoms with E-state index in [9.17, 15) is 4.79 Å². The molecule has 0 radical (unpaired) electrons. The maximum atomic E-state index is 12.6. The van der Waals surface area contributed by atoms with Crippen molar-refractivity contribution in [2.45, 2.75) is 20.0 Å². The third kappa shape index (κ3) is 2.70. The van der Waals surface area contributed by atoms with E-state index in [1.807, 2.05) is 31.2 Å². The molecule has 0 aliphatic carbocycles. The SMILES string of the molecule is Cc1cc(Cl)ccc1OC(C)C(=O)n1cnc2ccccc21. The summed E-state index contributed by atoms with van der Waals surface area (Å²) in [5.41, 5.74) is 2.45. The summed E-state index contributed by atoms with van der Waals surface area (Å²) in [6, 6.07) is 12.8. The van der Waals surface area contributed by atoms with Gasteiger partial charge in [-0.25, -0.2) is 4.98 Å². The molecule has 0 saturated heterocycles. The maximum Gasteiger partial charge on any atom is 0.273 e. The number of carbonyl (C=O) groups is 1. The van der Waals surface area contributed by atoms with Gasteiger partial charge in [-0.1, -0.05) is 23.7 Å². The van der Waals surface area contributed by atoms with E-state index in [-0.39, 0.29) is 5.91 Å². The first kappa shape index (κ1) is 14.6. The van der Waals surface area contributed by atoms with Crippen LogP contribution < -0.4 is 4.74 Å². The number of rotatable bonds is 3. The van der Waals surface area contributed by atoms with E-state index in [1.54, 1.807) is 25.1 Å². The largest absolute Gasteiger partial charge is 0.481 e. The van der Waals surface area contributed by atoms with Gasteiger partial charge in [0.1, 0.15) is 12.1 Å². The summed E-state index contributed by atoms with van der Waals surface area (Å²) in [6.45, 7) is 3.62. The topological polar surface area (TPSA) is 44.1 Å². The van der Waals surface area contributed by atoms with Gasteiger partial charge in [0.2, 0.25) is 0 Å². The number of benzene rings is 2. The predicted molar refractivity (Wildman–Crippen MR) is 86.6 cm³/mol. The van der Waals surface area contributed by atoms with Crippen LogP contribution in [0.5, 0.6) is 5.75 Å². The van der Waals surface area contributed by atoms with E-state index in [4.69, 9.17) is 16.3 Å². The lowest BCUT2D eigenvalue weighted by atomic mass is 10.2. The normalized spacial score (nSPS) is 12.3. The van der Waals surface area contributed by atoms with Crippen LogP contribution in [-0.2, 0) is 0 Å². The fraction of sp³-hybridized carbons (Fsp3) is 0.176. The van der Waals surface area contributed by atoms with E-state index in [0.717, 1.165) is 16.6 Å². The van der Waals surface area contributed by atoms with Crippen molar-refractivity contribution in [2.24, 2.45) is 0 Å². The molecule has 3 rings (SSSR count). The lowest BCUT2D eigenvalue weighted by Gasteiger charge is -2.16. The van der Waals surface area contributed by atoms with Crippen molar-refractivity contribution in [3.05, 3.63) is 59.4 Å². The van der Waals surface area contributed by atoms with E-state index >= 15 is 0 Å². The Balaban J connectivity index is 1.85. The fourth-order valence-electron chi connectivity index (χ4n) is 2.32. The molecule has 0 aliphatic heterocycles. The molecule has 1 aromatic heterocycles. The van der Waals surface area contributed by atoms with Gasteiger partial charge in [0.25, 0.3) is 5.91 Å². The zero-order valence-electron chi connectivity index (χ0n) is 12.3. The Morgan fingerprint density at radius 1 is 1.27 bits per heavy atom. The molecule has 0 amide bonds. The summed E-state index contributed by atoms with van der Waals surface area (Å²) < 4.78 is 7.30. The second-order valence-corrected chi connectivity index (χ2v) is 5.55. The predicted octanol–water partition coefficient (Wildman–Crippen LogP) is 4.11. The van der Waals surface area contributed by atoms with Crippen LogP contribution in [0.3, 0.4) is 0 Å². The van der Waals surface area contributed by atoms with E-state index in [2.05, 4.69) is 4.98 Å². The van der Waals surface area contributed by atoms with Gasteiger partial charge >= 0.3 is 0 Å². The van der Waals surface area contributed by atoms with Crippen LogP contribution in [0.2, 0.25) is 5.02 Å². The van der Waals surface area contributed by atoms with Crippen LogP contribution in [0.4, 0.5) is 0 Å². The summed E-state index contributed by atoms with van der Waals surface area (Å²) in [5.74, 6) is 0.484. The first-order chi connectivity index (χ1) is 10.6. The van der Waals surface area contributed by atoms with Gasteiger partial charge in [0.05, 0.1) is 11.0 Å². The van der Waals surface area contributed by atoms with Crippen LogP contribution in [0.1, 0.15) is 17.3 Å². The van der Waals surface area contributed by atoms with Crippen LogP contribution in [0.25, 0.3) is 11.0 Å². The van der Waals surface area contributed by atoms with Crippen molar-refractivity contribution in [1.29, 1.82) is 0 Å². The third-order valence-electron chi connectivity index (χ3n) is 3.48. The quantitative estimate of drug-likeness (QED) is 0.731. The minimum Gasteiger partial charge on any atom is -0.481 e. The minimum absolute atomic E-state index is 0.164. The Kier molecular flexibility index (Phi) is 3.86. The van der Waals surface area contributed by atoms with Gasteiger partial charge in [0, 0.05) is 5.02 Å². The first-order valence-corrected chi connectivity index (χ1v) is 7.33. The highest BCUT2D eigenvalue weighted by Gasteiger charge is 2.19. The number of ether oxygens (including phenoxy) is 1. The van der Waals surface area contributed by atoms with Gasteiger partial charge in [-0.2, -0.15) is 0 Å². The third-order valence-corrected chi connectivity index (χ3v) is 3.71. The Bertz CT molecular complexity index is 842. The molecule has 0 saturated carbocycles. The number of carbonyl (C=O) groups excluding carboxylic acids is 1. The average molecular weight is 315 g/mol. The Morgan fingerprint density at radius 2 is 2.05 bits per heavy atom. The maximum absolute atomic E-state index is 12.6. The van der Waals surface area contributed by atoms with E-state index < -0.39 is 6.10 Å². The smallest absolute Gasteiger partial charge is 0.273 e. The molecule has 3 aromatic rings. The van der Waals surface area contributed by atoms with Gasteiger partial charge in [-0.15, -0.1) is 0 Å². The molecule has 2 aromatic carbocycles. The number of hydrogen-bond acceptors (Lipinski definition) is 3. The van der Waals surface area contributed by atoms with Crippen LogP contribution in [0.15, 0.2) is 48.8 Å². The number of para-hydroxylation sites is 2. The molecule has 0 aliphatic rings. The summed E-state index contributed by atoms with van der Waals surface area (Å²) >= 11 is 5.93. The number of aromatic nitrogens is 2. The van der Waals surface area contributed by atoms with Crippen molar-refractivity contribution >= 4 is 28.5 Å². The second kappa shape index (κ2) is 5.81. The molecule has 0 bridgehead atoms. The second-order valence-electron chi connectivity index (χ2n) is 5.11. The number of nitrogens with zero attached hydrogens (tertiary/aromatic N) is 2. The molecule has 0 N–H and O–H groups in total. The molecule has 0 spiro atoms. The molecule has 1 unspecified atom stereocenters. The van der Waals surface area contributed by atoms with Crippen LogP contribution >= 0.6 is 11.6 Å². The molecular weight excluding hydrogens is 300 g/mol. The van der Waals surface area contributed by atoms with Crippen molar-refractivity contribution in [3.63, 3.8) is 0 Å². The van der Waals surface area contributed by atoms with Gasteiger partial charge in [0.15, 0.2) is 6.10 Å². The Labute approximate surface area is 133 Å². The van der Waals surface area contributed by atoms with Gasteiger partial charge in [-0.05, 0) is 49.7 Å². The van der Waals surface area contributed by atoms with Crippen molar-refractivity contribution in [3.8, 4) is 5.75 Å². The number of halogens is 1. The molecule has 5 heteroatoms. The van der Waals surface area contributed by atoms with Gasteiger partial charge < -0.3 is 4.74 Å². The monoisotopic (exact) mass is 314 g/mol. The fourth-order valence-corrected chi connectivity index (χ4v) is 2.54. The number of hydrogen-bond donors (Lipinski definition) is 0.